The van der Waals surface area contributed by atoms with Gasteiger partial charge in [0.05, 0.1) is 42.1 Å². The van der Waals surface area contributed by atoms with Crippen LogP contribution in [0.25, 0.3) is 16.8 Å². The van der Waals surface area contributed by atoms with Crippen molar-refractivity contribution in [2.45, 2.75) is 41.2 Å². The third-order valence-corrected chi connectivity index (χ3v) is 5.92. The summed E-state index contributed by atoms with van der Waals surface area (Å²) in [4.78, 5) is 13.4. The SMILES string of the molecule is C=C(c1cccc(C(C)=NC)n1)C(C)C.CC.COc1ccc(NCc2cccc(-c3ccccc3)n2)cc1. The predicted molar refractivity (Wildman–Crippen MR) is 168 cm³/mol. The molecule has 0 aliphatic carbocycles. The van der Waals surface area contributed by atoms with Crippen LogP contribution >= 0.6 is 0 Å². The molecule has 5 heteroatoms. The molecule has 0 atom stereocenters. The normalized spacial score (nSPS) is 10.5. The molecule has 0 unspecified atom stereocenters. The predicted octanol–water partition coefficient (Wildman–Crippen LogP) is 8.59. The van der Waals surface area contributed by atoms with Crippen LogP contribution in [0, 0.1) is 5.92 Å². The van der Waals surface area contributed by atoms with E-state index in [9.17, 15) is 0 Å². The molecule has 0 saturated heterocycles. The van der Waals surface area contributed by atoms with E-state index in [0.29, 0.717) is 12.5 Å². The van der Waals surface area contributed by atoms with Crippen LogP contribution in [0.1, 0.15) is 51.7 Å². The van der Waals surface area contributed by atoms with Gasteiger partial charge in [-0.1, -0.05) is 76.7 Å². The first-order valence-corrected chi connectivity index (χ1v) is 13.4. The molecule has 0 aliphatic rings. The number of allylic oxidation sites excluding steroid dienone is 1. The van der Waals surface area contributed by atoms with E-state index in [4.69, 9.17) is 9.72 Å². The van der Waals surface area contributed by atoms with E-state index in [1.165, 1.54) is 0 Å². The molecule has 0 spiro atoms. The second kappa shape index (κ2) is 16.6. The van der Waals surface area contributed by atoms with E-state index in [2.05, 4.69) is 47.9 Å². The van der Waals surface area contributed by atoms with Gasteiger partial charge in [-0.05, 0) is 66.9 Å². The summed E-state index contributed by atoms with van der Waals surface area (Å²) in [6, 6.07) is 30.2. The van der Waals surface area contributed by atoms with Crippen molar-refractivity contribution in [1.82, 2.24) is 9.97 Å². The molecule has 4 aromatic rings. The second-order valence-electron chi connectivity index (χ2n) is 8.86. The summed E-state index contributed by atoms with van der Waals surface area (Å²) in [5, 5.41) is 3.37. The molecule has 0 fully saturated rings. The molecular weight excluding hydrogens is 480 g/mol. The zero-order valence-electron chi connectivity index (χ0n) is 24.4. The maximum Gasteiger partial charge on any atom is 0.119 e. The van der Waals surface area contributed by atoms with Crippen molar-refractivity contribution in [3.63, 3.8) is 0 Å². The fraction of sp³-hybridized carbons (Fsp3) is 0.265. The summed E-state index contributed by atoms with van der Waals surface area (Å²) in [5.41, 5.74) is 8.10. The van der Waals surface area contributed by atoms with Gasteiger partial charge in [-0.15, -0.1) is 0 Å². The highest BCUT2D eigenvalue weighted by atomic mass is 16.5. The van der Waals surface area contributed by atoms with Gasteiger partial charge in [0.15, 0.2) is 0 Å². The Morgan fingerprint density at radius 2 is 1.49 bits per heavy atom. The van der Waals surface area contributed by atoms with Crippen LogP contribution in [0.5, 0.6) is 5.75 Å². The van der Waals surface area contributed by atoms with Crippen LogP contribution in [-0.4, -0.2) is 29.8 Å². The van der Waals surface area contributed by atoms with Gasteiger partial charge < -0.3 is 10.1 Å². The summed E-state index contributed by atoms with van der Waals surface area (Å²) in [5.74, 6) is 1.28. The molecule has 39 heavy (non-hydrogen) atoms. The van der Waals surface area contributed by atoms with Gasteiger partial charge in [0.25, 0.3) is 0 Å². The zero-order valence-corrected chi connectivity index (χ0v) is 24.4. The number of aliphatic imine (C=N–C) groups is 1. The second-order valence-corrected chi connectivity index (χ2v) is 8.86. The van der Waals surface area contributed by atoms with Crippen LogP contribution < -0.4 is 10.1 Å². The Balaban J connectivity index is 0.000000275. The van der Waals surface area contributed by atoms with Gasteiger partial charge in [0, 0.05) is 18.3 Å². The lowest BCUT2D eigenvalue weighted by Crippen LogP contribution is -2.02. The van der Waals surface area contributed by atoms with Crippen LogP contribution in [-0.2, 0) is 6.54 Å². The maximum atomic E-state index is 5.16. The molecule has 0 radical (unpaired) electrons. The summed E-state index contributed by atoms with van der Waals surface area (Å²) < 4.78 is 5.16. The van der Waals surface area contributed by atoms with Crippen molar-refractivity contribution < 1.29 is 4.74 Å². The minimum absolute atomic E-state index is 0.423. The number of anilines is 1. The molecular formula is C34H42N4O. The van der Waals surface area contributed by atoms with Crippen molar-refractivity contribution in [2.75, 3.05) is 19.5 Å². The molecule has 0 bridgehead atoms. The molecule has 4 rings (SSSR count). The highest BCUT2D eigenvalue weighted by molar-refractivity contribution is 5.97. The summed E-state index contributed by atoms with van der Waals surface area (Å²) in [6.45, 7) is 14.9. The Labute approximate surface area is 234 Å². The number of ether oxygens (including phenoxy) is 1. The van der Waals surface area contributed by atoms with Gasteiger partial charge >= 0.3 is 0 Å². The Kier molecular flexibility index (Phi) is 13.2. The van der Waals surface area contributed by atoms with Gasteiger partial charge in [-0.2, -0.15) is 0 Å². The molecule has 2 aromatic carbocycles. The smallest absolute Gasteiger partial charge is 0.119 e. The Morgan fingerprint density at radius 1 is 0.846 bits per heavy atom. The molecule has 204 valence electrons. The minimum atomic E-state index is 0.423. The maximum absolute atomic E-state index is 5.16. The molecule has 0 amide bonds. The van der Waals surface area contributed by atoms with E-state index >= 15 is 0 Å². The van der Waals surface area contributed by atoms with Crippen molar-refractivity contribution in [2.24, 2.45) is 10.9 Å². The highest BCUT2D eigenvalue weighted by Gasteiger charge is 2.07. The fourth-order valence-electron chi connectivity index (χ4n) is 3.47. The van der Waals surface area contributed by atoms with E-state index in [-0.39, 0.29) is 0 Å². The molecule has 5 nitrogen and oxygen atoms in total. The monoisotopic (exact) mass is 522 g/mol. The number of methoxy groups -OCH3 is 1. The molecule has 1 N–H and O–H groups in total. The van der Waals surface area contributed by atoms with E-state index in [0.717, 1.165) is 51.1 Å². The topological polar surface area (TPSA) is 59.4 Å². The number of hydrogen-bond donors (Lipinski definition) is 1. The van der Waals surface area contributed by atoms with Crippen LogP contribution in [0.3, 0.4) is 0 Å². The minimum Gasteiger partial charge on any atom is -0.497 e. The third kappa shape index (κ3) is 9.86. The average molecular weight is 523 g/mol. The first kappa shape index (κ1) is 31.0. The number of rotatable bonds is 8. The Morgan fingerprint density at radius 3 is 2.10 bits per heavy atom. The van der Waals surface area contributed by atoms with Gasteiger partial charge in [0.1, 0.15) is 5.75 Å². The van der Waals surface area contributed by atoms with Crippen molar-refractivity contribution in [3.05, 3.63) is 115 Å². The first-order valence-electron chi connectivity index (χ1n) is 13.4. The molecule has 2 aromatic heterocycles. The Bertz CT molecular complexity index is 1310. The first-order chi connectivity index (χ1) is 18.9. The average Bonchev–Trinajstić information content (AvgIpc) is 3.01. The lowest BCUT2D eigenvalue weighted by Gasteiger charge is -2.09. The highest BCUT2D eigenvalue weighted by Crippen LogP contribution is 2.20. The van der Waals surface area contributed by atoms with Crippen LogP contribution in [0.2, 0.25) is 0 Å². The summed E-state index contributed by atoms with van der Waals surface area (Å²) in [7, 11) is 3.45. The fourth-order valence-corrected chi connectivity index (χ4v) is 3.47. The molecule has 2 heterocycles. The third-order valence-electron chi connectivity index (χ3n) is 5.92. The summed E-state index contributed by atoms with van der Waals surface area (Å²) in [6.07, 6.45) is 0. The number of nitrogens with zero attached hydrogens (tertiary/aromatic N) is 3. The van der Waals surface area contributed by atoms with Crippen LogP contribution in [0.15, 0.2) is 103 Å². The number of benzene rings is 2. The van der Waals surface area contributed by atoms with Crippen LogP contribution in [0.4, 0.5) is 5.69 Å². The van der Waals surface area contributed by atoms with E-state index in [1.807, 2.05) is 99.6 Å². The number of aromatic nitrogens is 2. The zero-order chi connectivity index (χ0) is 28.6. The standard InChI is InChI=1S/C19H18N2O.C13H18N2.C2H6/c1-22-18-12-10-16(11-13-18)20-14-17-8-5-9-19(21-17)15-6-3-2-4-7-15;1-9(2)10(3)12-7-6-8-13(15-12)11(4)14-5;1-2/h2-13,20H,14H2,1H3;6-9H,3H2,1-2,4-5H3;1-2H3. The Hall–Kier alpha value is -4.25. The summed E-state index contributed by atoms with van der Waals surface area (Å²) >= 11 is 0. The van der Waals surface area contributed by atoms with Gasteiger partial charge in [-0.3, -0.25) is 9.98 Å². The molecule has 0 saturated carbocycles. The number of pyridine rings is 2. The molecule has 0 aliphatic heterocycles. The van der Waals surface area contributed by atoms with Gasteiger partial charge in [-0.25, -0.2) is 4.98 Å². The lowest BCUT2D eigenvalue weighted by atomic mass is 10.0. The lowest BCUT2D eigenvalue weighted by molar-refractivity contribution is 0.415. The van der Waals surface area contributed by atoms with Gasteiger partial charge in [0.2, 0.25) is 0 Å². The van der Waals surface area contributed by atoms with E-state index in [1.54, 1.807) is 14.2 Å². The number of nitrogens with one attached hydrogen (secondary N) is 1. The van der Waals surface area contributed by atoms with Crippen molar-refractivity contribution >= 4 is 17.0 Å². The quantitative estimate of drug-likeness (QED) is 0.235. The van der Waals surface area contributed by atoms with Crippen molar-refractivity contribution in [1.29, 1.82) is 0 Å². The van der Waals surface area contributed by atoms with E-state index < -0.39 is 0 Å². The van der Waals surface area contributed by atoms with Crippen molar-refractivity contribution in [3.8, 4) is 17.0 Å². The largest absolute Gasteiger partial charge is 0.497 e. The number of hydrogen-bond acceptors (Lipinski definition) is 5.